The molecule has 3 rings (SSSR count). The van der Waals surface area contributed by atoms with Gasteiger partial charge in [0.15, 0.2) is 5.69 Å². The molecule has 0 bridgehead atoms. The summed E-state index contributed by atoms with van der Waals surface area (Å²) in [6.45, 7) is 0. The van der Waals surface area contributed by atoms with Crippen LogP contribution in [-0.2, 0) is 10.0 Å². The lowest BCUT2D eigenvalue weighted by Gasteiger charge is -2.07. The average molecular weight is 378 g/mol. The monoisotopic (exact) mass is 377 g/mol. The second kappa shape index (κ2) is 6.32. The number of benzene rings is 2. The van der Waals surface area contributed by atoms with Crippen LogP contribution >= 0.6 is 11.6 Å². The van der Waals surface area contributed by atoms with Crippen molar-refractivity contribution in [3.63, 3.8) is 0 Å². The van der Waals surface area contributed by atoms with Crippen molar-refractivity contribution in [3.05, 3.63) is 59.2 Å². The zero-order valence-corrected chi connectivity index (χ0v) is 14.2. The van der Waals surface area contributed by atoms with Crippen LogP contribution < -0.4 is 5.14 Å². The van der Waals surface area contributed by atoms with Crippen LogP contribution in [-0.4, -0.2) is 29.7 Å². The Labute approximate surface area is 148 Å². The molecular weight excluding hydrogens is 366 g/mol. The number of primary sulfonamides is 1. The van der Waals surface area contributed by atoms with Crippen molar-refractivity contribution >= 4 is 27.6 Å². The van der Waals surface area contributed by atoms with Crippen molar-refractivity contribution in [2.24, 2.45) is 5.14 Å². The van der Waals surface area contributed by atoms with Crippen LogP contribution in [0.4, 0.5) is 0 Å². The van der Waals surface area contributed by atoms with Gasteiger partial charge in [-0.1, -0.05) is 41.9 Å². The van der Waals surface area contributed by atoms with Crippen molar-refractivity contribution in [2.45, 2.75) is 4.90 Å². The van der Waals surface area contributed by atoms with Crippen LogP contribution in [0.2, 0.25) is 5.02 Å². The molecule has 4 N–H and O–H groups in total. The third-order valence-electron chi connectivity index (χ3n) is 3.58. The van der Waals surface area contributed by atoms with Crippen molar-refractivity contribution in [3.8, 4) is 22.4 Å². The smallest absolute Gasteiger partial charge is 0.354 e. The molecule has 2 aromatic carbocycles. The quantitative estimate of drug-likeness (QED) is 0.644. The Morgan fingerprint density at radius 2 is 1.76 bits per heavy atom. The summed E-state index contributed by atoms with van der Waals surface area (Å²) in [5.74, 6) is -1.20. The highest BCUT2D eigenvalue weighted by Crippen LogP contribution is 2.36. The number of nitrogens with two attached hydrogens (primary N) is 1. The number of rotatable bonds is 4. The number of hydrogen-bond acceptors (Lipinski definition) is 4. The second-order valence-corrected chi connectivity index (χ2v) is 7.15. The summed E-state index contributed by atoms with van der Waals surface area (Å²) in [5, 5.41) is 21.5. The number of hydrogen-bond donors (Lipinski definition) is 3. The van der Waals surface area contributed by atoms with Gasteiger partial charge in [0.25, 0.3) is 0 Å². The Balaban J connectivity index is 2.23. The fourth-order valence-electron chi connectivity index (χ4n) is 2.44. The zero-order valence-electron chi connectivity index (χ0n) is 12.6. The first-order valence-electron chi connectivity index (χ1n) is 6.99. The van der Waals surface area contributed by atoms with E-state index >= 15 is 0 Å². The van der Waals surface area contributed by atoms with Crippen LogP contribution in [0.15, 0.2) is 53.4 Å². The lowest BCUT2D eigenvalue weighted by molar-refractivity contribution is 0.0691. The predicted molar refractivity (Wildman–Crippen MR) is 92.8 cm³/mol. The number of H-pyrrole nitrogens is 1. The summed E-state index contributed by atoms with van der Waals surface area (Å²) in [5.41, 5.74) is 1.55. The van der Waals surface area contributed by atoms with E-state index in [9.17, 15) is 18.3 Å². The van der Waals surface area contributed by atoms with E-state index in [0.717, 1.165) is 0 Å². The maximum Gasteiger partial charge on any atom is 0.354 e. The predicted octanol–water partition coefficient (Wildman–Crippen LogP) is 2.74. The van der Waals surface area contributed by atoms with Crippen LogP contribution in [0.5, 0.6) is 0 Å². The Hall–Kier alpha value is -2.68. The summed E-state index contributed by atoms with van der Waals surface area (Å²) < 4.78 is 22.8. The lowest BCUT2D eigenvalue weighted by Crippen LogP contribution is -2.11. The maximum atomic E-state index is 11.5. The molecule has 128 valence electrons. The molecule has 1 aromatic heterocycles. The van der Waals surface area contributed by atoms with Gasteiger partial charge < -0.3 is 5.11 Å². The van der Waals surface area contributed by atoms with Crippen LogP contribution in [0.1, 0.15) is 10.5 Å². The van der Waals surface area contributed by atoms with Gasteiger partial charge in [-0.15, -0.1) is 0 Å². The Morgan fingerprint density at radius 1 is 1.12 bits per heavy atom. The van der Waals surface area contributed by atoms with Gasteiger partial charge in [-0.3, -0.25) is 5.10 Å². The molecule has 0 saturated heterocycles. The van der Waals surface area contributed by atoms with Crippen molar-refractivity contribution in [2.75, 3.05) is 0 Å². The molecule has 25 heavy (non-hydrogen) atoms. The summed E-state index contributed by atoms with van der Waals surface area (Å²) in [6.07, 6.45) is 0. The van der Waals surface area contributed by atoms with Crippen LogP contribution in [0, 0.1) is 0 Å². The topological polar surface area (TPSA) is 126 Å². The SMILES string of the molecule is NS(=O)(=O)c1ccc(-c2c(-c3ccccc3Cl)n[nH]c2C(=O)O)cc1. The van der Waals surface area contributed by atoms with Crippen LogP contribution in [0.25, 0.3) is 22.4 Å². The number of carboxylic acid groups (broad SMARTS) is 1. The van der Waals surface area contributed by atoms with Gasteiger partial charge in [0.2, 0.25) is 10.0 Å². The molecule has 1 heterocycles. The average Bonchev–Trinajstić information content (AvgIpc) is 2.99. The first-order chi connectivity index (χ1) is 11.8. The molecule has 0 aliphatic rings. The summed E-state index contributed by atoms with van der Waals surface area (Å²) in [6, 6.07) is 12.4. The van der Waals surface area contributed by atoms with E-state index in [0.29, 0.717) is 27.4 Å². The molecule has 0 atom stereocenters. The number of halogens is 1. The van der Waals surface area contributed by atoms with E-state index in [4.69, 9.17) is 16.7 Å². The van der Waals surface area contributed by atoms with E-state index in [2.05, 4.69) is 10.2 Å². The normalized spacial score (nSPS) is 11.4. The molecule has 9 heteroatoms. The molecule has 0 unspecified atom stereocenters. The fraction of sp³-hybridized carbons (Fsp3) is 0. The third kappa shape index (κ3) is 3.27. The molecule has 0 saturated carbocycles. The minimum Gasteiger partial charge on any atom is -0.477 e. The summed E-state index contributed by atoms with van der Waals surface area (Å²) in [7, 11) is -3.84. The second-order valence-electron chi connectivity index (χ2n) is 5.18. The van der Waals surface area contributed by atoms with E-state index < -0.39 is 16.0 Å². The van der Waals surface area contributed by atoms with Gasteiger partial charge >= 0.3 is 5.97 Å². The number of sulfonamides is 1. The molecule has 3 aromatic rings. The van der Waals surface area contributed by atoms with Gasteiger partial charge in [0.05, 0.1) is 9.92 Å². The Morgan fingerprint density at radius 3 is 2.32 bits per heavy atom. The lowest BCUT2D eigenvalue weighted by atomic mass is 9.99. The van der Waals surface area contributed by atoms with Gasteiger partial charge in [-0.2, -0.15) is 5.10 Å². The van der Waals surface area contributed by atoms with Crippen molar-refractivity contribution in [1.29, 1.82) is 0 Å². The highest BCUT2D eigenvalue weighted by molar-refractivity contribution is 7.89. The molecule has 7 nitrogen and oxygen atoms in total. The highest BCUT2D eigenvalue weighted by atomic mass is 35.5. The highest BCUT2D eigenvalue weighted by Gasteiger charge is 2.22. The van der Waals surface area contributed by atoms with Crippen molar-refractivity contribution < 1.29 is 18.3 Å². The summed E-state index contributed by atoms with van der Waals surface area (Å²) in [4.78, 5) is 11.5. The molecular formula is C16H12ClN3O4S. The van der Waals surface area contributed by atoms with Gasteiger partial charge in [0, 0.05) is 11.1 Å². The number of carbonyl (C=O) groups is 1. The number of nitrogens with one attached hydrogen (secondary N) is 1. The number of aromatic carboxylic acids is 1. The minimum absolute atomic E-state index is 0.0732. The number of nitrogens with zero attached hydrogens (tertiary/aromatic N) is 1. The Bertz CT molecular complexity index is 1060. The van der Waals surface area contributed by atoms with E-state index in [1.165, 1.54) is 24.3 Å². The summed E-state index contributed by atoms with van der Waals surface area (Å²) >= 11 is 6.19. The third-order valence-corrected chi connectivity index (χ3v) is 4.84. The molecule has 0 radical (unpaired) electrons. The van der Waals surface area contributed by atoms with Crippen LogP contribution in [0.3, 0.4) is 0 Å². The molecule has 0 amide bonds. The molecule has 0 fully saturated rings. The minimum atomic E-state index is -3.84. The van der Waals surface area contributed by atoms with Gasteiger partial charge in [0.1, 0.15) is 5.69 Å². The van der Waals surface area contributed by atoms with Crippen molar-refractivity contribution in [1.82, 2.24) is 10.2 Å². The molecule has 0 aliphatic heterocycles. The number of aromatic amines is 1. The van der Waals surface area contributed by atoms with Gasteiger partial charge in [-0.25, -0.2) is 18.4 Å². The Kier molecular flexibility index (Phi) is 4.34. The van der Waals surface area contributed by atoms with E-state index in [1.54, 1.807) is 24.3 Å². The molecule has 0 aliphatic carbocycles. The fourth-order valence-corrected chi connectivity index (χ4v) is 3.18. The largest absolute Gasteiger partial charge is 0.477 e. The zero-order chi connectivity index (χ0) is 18.2. The molecule has 0 spiro atoms. The van der Waals surface area contributed by atoms with E-state index in [-0.39, 0.29) is 10.6 Å². The number of carboxylic acids is 1. The van der Waals surface area contributed by atoms with E-state index in [1.807, 2.05) is 0 Å². The first-order valence-corrected chi connectivity index (χ1v) is 8.91. The first kappa shape index (κ1) is 17.2. The maximum absolute atomic E-state index is 11.5. The number of aromatic nitrogens is 2. The standard InChI is InChI=1S/C16H12ClN3O4S/c17-12-4-2-1-3-11(12)14-13(15(16(21)22)20-19-14)9-5-7-10(8-6-9)25(18,23)24/h1-8H,(H,19,20)(H,21,22)(H2,18,23,24). The van der Waals surface area contributed by atoms with Gasteiger partial charge in [-0.05, 0) is 23.8 Å².